The predicted octanol–water partition coefficient (Wildman–Crippen LogP) is 4.86. The van der Waals surface area contributed by atoms with Gasteiger partial charge in [-0.3, -0.25) is 9.59 Å². The van der Waals surface area contributed by atoms with Gasteiger partial charge in [-0.25, -0.2) is 0 Å². The molecule has 6 nitrogen and oxygen atoms in total. The van der Waals surface area contributed by atoms with Crippen LogP contribution >= 0.6 is 0 Å². The van der Waals surface area contributed by atoms with Crippen LogP contribution < -0.4 is 0 Å². The fourth-order valence-electron chi connectivity index (χ4n) is 2.07. The van der Waals surface area contributed by atoms with Crippen molar-refractivity contribution in [3.05, 3.63) is 0 Å². The van der Waals surface area contributed by atoms with Crippen molar-refractivity contribution in [3.63, 3.8) is 0 Å². The molecule has 0 aromatic heterocycles. The first-order valence-corrected chi connectivity index (χ1v) is 10.5. The minimum atomic E-state index is -0.670. The third-order valence-electron chi connectivity index (χ3n) is 3.92. The van der Waals surface area contributed by atoms with Crippen LogP contribution in [0.25, 0.3) is 0 Å². The molecule has 0 aliphatic carbocycles. The van der Waals surface area contributed by atoms with Crippen molar-refractivity contribution in [2.75, 3.05) is 13.2 Å². The van der Waals surface area contributed by atoms with E-state index in [-0.39, 0.29) is 19.1 Å². The fourth-order valence-corrected chi connectivity index (χ4v) is 2.07. The van der Waals surface area contributed by atoms with Gasteiger partial charge < -0.3 is 20.4 Å². The van der Waals surface area contributed by atoms with Gasteiger partial charge in [0.25, 0.3) is 0 Å². The molecule has 0 fully saturated rings. The Morgan fingerprint density at radius 3 is 1.30 bits per heavy atom. The maximum atomic E-state index is 10.0. The zero-order valence-corrected chi connectivity index (χ0v) is 17.8. The number of aliphatic carboxylic acids is 2. The fraction of sp³-hybridized carbons (Fsp3) is 0.905. The standard InChI is InChI=1S/2C8H16O2.C5H12O2/c2*1-2-3-4-5-6-7-8(9)10;1-5(4-7)2-3-6/h2*2-7H2,1H3,(H,9,10);5-7H,2-4H2,1H3. The first-order valence-electron chi connectivity index (χ1n) is 10.5. The lowest BCUT2D eigenvalue weighted by atomic mass is 10.1. The molecular weight excluding hydrogens is 348 g/mol. The Morgan fingerprint density at radius 1 is 0.704 bits per heavy atom. The molecule has 0 aliphatic heterocycles. The second kappa shape index (κ2) is 27.1. The molecule has 1 atom stereocenters. The number of carboxylic acid groups (broad SMARTS) is 2. The Kier molecular flexibility index (Phi) is 30.7. The third-order valence-corrected chi connectivity index (χ3v) is 3.92. The number of hydrogen-bond acceptors (Lipinski definition) is 4. The van der Waals surface area contributed by atoms with Gasteiger partial charge in [-0.2, -0.15) is 0 Å². The maximum Gasteiger partial charge on any atom is 0.303 e. The highest BCUT2D eigenvalue weighted by Crippen LogP contribution is 2.05. The van der Waals surface area contributed by atoms with E-state index in [1.54, 1.807) is 0 Å². The van der Waals surface area contributed by atoms with Crippen molar-refractivity contribution < 1.29 is 30.0 Å². The van der Waals surface area contributed by atoms with E-state index in [0.717, 1.165) is 25.7 Å². The van der Waals surface area contributed by atoms with E-state index in [4.69, 9.17) is 20.4 Å². The summed E-state index contributed by atoms with van der Waals surface area (Å²) in [4.78, 5) is 20.1. The molecule has 0 heterocycles. The average Bonchev–Trinajstić information content (AvgIpc) is 2.62. The first kappa shape index (κ1) is 30.6. The van der Waals surface area contributed by atoms with Crippen LogP contribution in [-0.4, -0.2) is 45.6 Å². The summed E-state index contributed by atoms with van der Waals surface area (Å²) in [7, 11) is 0. The van der Waals surface area contributed by atoms with Crippen molar-refractivity contribution >= 4 is 11.9 Å². The van der Waals surface area contributed by atoms with E-state index in [2.05, 4.69) is 13.8 Å². The van der Waals surface area contributed by atoms with Gasteiger partial charge in [-0.1, -0.05) is 72.1 Å². The molecule has 0 aromatic carbocycles. The molecule has 0 radical (unpaired) electrons. The molecule has 0 saturated carbocycles. The van der Waals surface area contributed by atoms with Gasteiger partial charge in [0.15, 0.2) is 0 Å². The largest absolute Gasteiger partial charge is 0.481 e. The summed E-state index contributed by atoms with van der Waals surface area (Å²) >= 11 is 0. The lowest BCUT2D eigenvalue weighted by Gasteiger charge is -2.01. The monoisotopic (exact) mass is 392 g/mol. The summed E-state index contributed by atoms with van der Waals surface area (Å²) in [5, 5.41) is 33.2. The molecule has 0 rings (SSSR count). The normalized spacial score (nSPS) is 10.9. The Hall–Kier alpha value is -1.14. The maximum absolute atomic E-state index is 10.0. The SMILES string of the molecule is CC(CO)CCO.CCCCCCCC(=O)O.CCCCCCCC(=O)O. The Labute approximate surface area is 166 Å². The van der Waals surface area contributed by atoms with Gasteiger partial charge in [-0.15, -0.1) is 0 Å². The Morgan fingerprint density at radius 2 is 1.07 bits per heavy atom. The van der Waals surface area contributed by atoms with Gasteiger partial charge in [0.05, 0.1) is 0 Å². The second-order valence-electron chi connectivity index (χ2n) is 6.92. The zero-order valence-electron chi connectivity index (χ0n) is 17.8. The molecule has 6 heteroatoms. The van der Waals surface area contributed by atoms with Gasteiger partial charge >= 0.3 is 11.9 Å². The average molecular weight is 393 g/mol. The lowest BCUT2D eigenvalue weighted by Crippen LogP contribution is -2.01. The summed E-state index contributed by atoms with van der Waals surface area (Å²) in [5.41, 5.74) is 0. The van der Waals surface area contributed by atoms with E-state index in [0.29, 0.717) is 19.3 Å². The smallest absolute Gasteiger partial charge is 0.303 e. The zero-order chi connectivity index (χ0) is 21.3. The van der Waals surface area contributed by atoms with E-state index < -0.39 is 11.9 Å². The quantitative estimate of drug-likeness (QED) is 0.296. The van der Waals surface area contributed by atoms with E-state index in [9.17, 15) is 9.59 Å². The van der Waals surface area contributed by atoms with E-state index in [1.807, 2.05) is 6.92 Å². The summed E-state index contributed by atoms with van der Waals surface area (Å²) in [6.45, 7) is 6.56. The molecule has 4 N–H and O–H groups in total. The molecule has 0 bridgehead atoms. The number of carboxylic acids is 2. The molecule has 0 aromatic rings. The van der Waals surface area contributed by atoms with Crippen molar-refractivity contribution in [2.24, 2.45) is 5.92 Å². The van der Waals surface area contributed by atoms with Gasteiger partial charge in [0.2, 0.25) is 0 Å². The molecule has 164 valence electrons. The summed E-state index contributed by atoms with van der Waals surface area (Å²) in [6.07, 6.45) is 12.5. The van der Waals surface area contributed by atoms with Gasteiger partial charge in [0, 0.05) is 26.1 Å². The predicted molar refractivity (Wildman–Crippen MR) is 110 cm³/mol. The molecule has 1 unspecified atom stereocenters. The van der Waals surface area contributed by atoms with Crippen LogP contribution in [-0.2, 0) is 9.59 Å². The first-order chi connectivity index (χ1) is 12.8. The molecule has 0 saturated heterocycles. The molecule has 0 aliphatic rings. The van der Waals surface area contributed by atoms with Crippen molar-refractivity contribution in [3.8, 4) is 0 Å². The Balaban J connectivity index is -0.000000326. The topological polar surface area (TPSA) is 115 Å². The minimum absolute atomic E-state index is 0.181. The second-order valence-corrected chi connectivity index (χ2v) is 6.92. The van der Waals surface area contributed by atoms with Crippen molar-refractivity contribution in [1.82, 2.24) is 0 Å². The summed E-state index contributed by atoms with van der Waals surface area (Å²) < 4.78 is 0. The number of hydrogen-bond donors (Lipinski definition) is 4. The molecule has 27 heavy (non-hydrogen) atoms. The van der Waals surface area contributed by atoms with Crippen LogP contribution in [0.2, 0.25) is 0 Å². The molecule has 0 spiro atoms. The van der Waals surface area contributed by atoms with Crippen LogP contribution in [0.3, 0.4) is 0 Å². The number of aliphatic hydroxyl groups is 2. The highest BCUT2D eigenvalue weighted by molar-refractivity contribution is 5.66. The number of aliphatic hydroxyl groups excluding tert-OH is 2. The summed E-state index contributed by atoms with van der Waals surface area (Å²) in [6, 6.07) is 0. The van der Waals surface area contributed by atoms with Crippen LogP contribution in [0.15, 0.2) is 0 Å². The number of carbonyl (C=O) groups is 2. The van der Waals surface area contributed by atoms with Crippen LogP contribution in [0, 0.1) is 5.92 Å². The van der Waals surface area contributed by atoms with Crippen LogP contribution in [0.1, 0.15) is 104 Å². The van der Waals surface area contributed by atoms with E-state index >= 15 is 0 Å². The van der Waals surface area contributed by atoms with Crippen molar-refractivity contribution in [2.45, 2.75) is 104 Å². The summed E-state index contributed by atoms with van der Waals surface area (Å²) in [5.74, 6) is -1.09. The van der Waals surface area contributed by atoms with Crippen LogP contribution in [0.4, 0.5) is 0 Å². The van der Waals surface area contributed by atoms with Crippen LogP contribution in [0.5, 0.6) is 0 Å². The van der Waals surface area contributed by atoms with E-state index in [1.165, 1.54) is 38.5 Å². The van der Waals surface area contributed by atoms with Crippen molar-refractivity contribution in [1.29, 1.82) is 0 Å². The highest BCUT2D eigenvalue weighted by Gasteiger charge is 1.96. The third kappa shape index (κ3) is 40.7. The molecular formula is C21H44O6. The highest BCUT2D eigenvalue weighted by atomic mass is 16.4. The minimum Gasteiger partial charge on any atom is -0.481 e. The lowest BCUT2D eigenvalue weighted by molar-refractivity contribution is -0.138. The van der Waals surface area contributed by atoms with Gasteiger partial charge in [-0.05, 0) is 25.2 Å². The number of rotatable bonds is 15. The Bertz CT molecular complexity index is 283. The van der Waals surface area contributed by atoms with Gasteiger partial charge in [0.1, 0.15) is 0 Å². The molecule has 0 amide bonds. The number of unbranched alkanes of at least 4 members (excludes halogenated alkanes) is 8.